The van der Waals surface area contributed by atoms with E-state index in [9.17, 15) is 14.7 Å². The maximum atomic E-state index is 12.8. The van der Waals surface area contributed by atoms with Crippen molar-refractivity contribution >= 4 is 32.7 Å². The van der Waals surface area contributed by atoms with Crippen LogP contribution in [0.1, 0.15) is 37.3 Å². The topological polar surface area (TPSA) is 100 Å². The number of carbonyl (C=O) groups excluding carboxylic acids is 1. The van der Waals surface area contributed by atoms with Crippen LogP contribution >= 0.6 is 11.3 Å². The molecule has 4 rings (SSSR count). The lowest BCUT2D eigenvalue weighted by Gasteiger charge is -2.23. The predicted molar refractivity (Wildman–Crippen MR) is 112 cm³/mol. The van der Waals surface area contributed by atoms with E-state index in [4.69, 9.17) is 0 Å². The first-order valence-electron chi connectivity index (χ1n) is 9.59. The van der Waals surface area contributed by atoms with Crippen LogP contribution in [-0.2, 0) is 18.4 Å². The zero-order valence-electron chi connectivity index (χ0n) is 16.3. The summed E-state index contributed by atoms with van der Waals surface area (Å²) in [6, 6.07) is 9.46. The Morgan fingerprint density at radius 3 is 2.83 bits per heavy atom. The van der Waals surface area contributed by atoms with Crippen molar-refractivity contribution in [2.45, 2.75) is 38.5 Å². The average molecular weight is 414 g/mol. The fourth-order valence-electron chi connectivity index (χ4n) is 3.63. The molecule has 0 bridgehead atoms. The van der Waals surface area contributed by atoms with Crippen LogP contribution in [0.4, 0.5) is 5.13 Å². The van der Waals surface area contributed by atoms with Crippen molar-refractivity contribution in [3.05, 3.63) is 52.1 Å². The summed E-state index contributed by atoms with van der Waals surface area (Å²) in [4.78, 5) is 36.7. The third-order valence-electron chi connectivity index (χ3n) is 5.15. The summed E-state index contributed by atoms with van der Waals surface area (Å²) in [6.45, 7) is 2.75. The van der Waals surface area contributed by atoms with Crippen LogP contribution in [0.15, 0.2) is 35.1 Å². The van der Waals surface area contributed by atoms with E-state index >= 15 is 0 Å². The van der Waals surface area contributed by atoms with Gasteiger partial charge in [0, 0.05) is 20.1 Å². The molecule has 0 saturated carbocycles. The lowest BCUT2D eigenvalue weighted by atomic mass is 10.2. The van der Waals surface area contributed by atoms with Crippen LogP contribution in [0.3, 0.4) is 0 Å². The number of anilines is 1. The number of nitrogens with zero attached hydrogens (tertiary/aromatic N) is 4. The van der Waals surface area contributed by atoms with Crippen LogP contribution in [0, 0.1) is 0 Å². The Balaban J connectivity index is 1.58. The quantitative estimate of drug-likeness (QED) is 0.661. The van der Waals surface area contributed by atoms with E-state index in [0.29, 0.717) is 28.9 Å². The molecule has 2 N–H and O–H groups in total. The number of hydrogen-bond acceptors (Lipinski definition) is 7. The number of aromatic nitrogens is 3. The van der Waals surface area contributed by atoms with E-state index < -0.39 is 6.10 Å². The molecular formula is C20H23N5O3S. The van der Waals surface area contributed by atoms with E-state index in [1.165, 1.54) is 15.9 Å². The summed E-state index contributed by atoms with van der Waals surface area (Å²) < 4.78 is 1.32. The average Bonchev–Trinajstić information content (AvgIpc) is 3.36. The zero-order valence-corrected chi connectivity index (χ0v) is 17.1. The minimum atomic E-state index is -0.856. The first kappa shape index (κ1) is 19.5. The van der Waals surface area contributed by atoms with Crippen LogP contribution in [-0.4, -0.2) is 38.1 Å². The normalized spacial score (nSPS) is 17.6. The second-order valence-corrected chi connectivity index (χ2v) is 8.17. The smallest absolute Gasteiger partial charge is 0.280 e. The predicted octanol–water partition coefficient (Wildman–Crippen LogP) is 1.73. The molecule has 29 heavy (non-hydrogen) atoms. The number of hydrogen-bond donors (Lipinski definition) is 2. The molecule has 3 heterocycles. The number of amides is 1. The van der Waals surface area contributed by atoms with Gasteiger partial charge in [0.1, 0.15) is 18.0 Å². The lowest BCUT2D eigenvalue weighted by Crippen LogP contribution is -2.43. The Morgan fingerprint density at radius 2 is 2.10 bits per heavy atom. The lowest BCUT2D eigenvalue weighted by molar-refractivity contribution is -0.122. The highest BCUT2D eigenvalue weighted by atomic mass is 32.1. The third kappa shape index (κ3) is 3.75. The number of fused-ring (bicyclic) bond motifs is 1. The Hall–Kier alpha value is -2.78. The minimum Gasteiger partial charge on any atom is -0.385 e. The fourth-order valence-corrected chi connectivity index (χ4v) is 4.64. The summed E-state index contributed by atoms with van der Waals surface area (Å²) in [5.41, 5.74) is 1.02. The number of aliphatic hydroxyl groups excluding tert-OH is 1. The van der Waals surface area contributed by atoms with Crippen molar-refractivity contribution in [2.24, 2.45) is 7.05 Å². The maximum absolute atomic E-state index is 12.8. The molecule has 3 aromatic rings. The largest absolute Gasteiger partial charge is 0.385 e. The number of rotatable bonds is 5. The number of carbonyl (C=O) groups is 1. The van der Waals surface area contributed by atoms with Crippen LogP contribution in [0.25, 0.3) is 10.3 Å². The van der Waals surface area contributed by atoms with Crippen LogP contribution < -0.4 is 15.8 Å². The second-order valence-electron chi connectivity index (χ2n) is 7.22. The molecule has 1 saturated heterocycles. The van der Waals surface area contributed by atoms with Gasteiger partial charge in [-0.05, 0) is 25.3 Å². The van der Waals surface area contributed by atoms with Gasteiger partial charge in [-0.15, -0.1) is 0 Å². The monoisotopic (exact) mass is 413 g/mol. The van der Waals surface area contributed by atoms with E-state index in [1.54, 1.807) is 14.0 Å². The minimum absolute atomic E-state index is 0.0452. The molecule has 2 atom stereocenters. The van der Waals surface area contributed by atoms with Gasteiger partial charge in [-0.1, -0.05) is 41.7 Å². The first-order valence-corrected chi connectivity index (χ1v) is 10.4. The van der Waals surface area contributed by atoms with E-state index in [2.05, 4.69) is 15.3 Å². The molecule has 9 heteroatoms. The molecule has 152 valence electrons. The molecular weight excluding hydrogens is 390 g/mol. The summed E-state index contributed by atoms with van der Waals surface area (Å²) in [5, 5.41) is 13.5. The second kappa shape index (κ2) is 7.92. The summed E-state index contributed by atoms with van der Waals surface area (Å²) >= 11 is 1.28. The van der Waals surface area contributed by atoms with Crippen molar-refractivity contribution in [2.75, 3.05) is 11.4 Å². The highest BCUT2D eigenvalue weighted by molar-refractivity contribution is 7.21. The number of aliphatic hydroxyl groups is 1. The van der Waals surface area contributed by atoms with Gasteiger partial charge in [0.25, 0.3) is 5.56 Å². The molecule has 1 amide bonds. The van der Waals surface area contributed by atoms with E-state index in [1.807, 2.05) is 35.2 Å². The summed E-state index contributed by atoms with van der Waals surface area (Å²) in [6.07, 6.45) is 0.760. The van der Waals surface area contributed by atoms with Gasteiger partial charge < -0.3 is 15.3 Å². The molecule has 1 aliphatic rings. The molecule has 1 aromatic carbocycles. The summed E-state index contributed by atoms with van der Waals surface area (Å²) in [5.74, 6) is 0.257. The van der Waals surface area contributed by atoms with Crippen LogP contribution in [0.5, 0.6) is 0 Å². The van der Waals surface area contributed by atoms with E-state index in [-0.39, 0.29) is 23.0 Å². The Bertz CT molecular complexity index is 1090. The fraction of sp³-hybridized carbons (Fsp3) is 0.400. The SMILES string of the molecule is CC(O)c1nc2sc(N3CCCC3C(=O)NCc3ccccc3)nc2c(=O)n1C. The molecule has 0 radical (unpaired) electrons. The molecule has 1 aliphatic heterocycles. The standard InChI is InChI=1S/C20H23N5O3S/c1-12(26)16-23-18-15(19(28)24(16)2)22-20(29-18)25-10-6-9-14(25)17(27)21-11-13-7-4-3-5-8-13/h3-5,7-8,12,14,26H,6,9-11H2,1-2H3,(H,21,27). The van der Waals surface area contributed by atoms with Gasteiger partial charge in [-0.2, -0.15) is 0 Å². The highest BCUT2D eigenvalue weighted by Gasteiger charge is 2.33. The van der Waals surface area contributed by atoms with Crippen molar-refractivity contribution in [3.63, 3.8) is 0 Å². The molecule has 8 nitrogen and oxygen atoms in total. The maximum Gasteiger partial charge on any atom is 0.280 e. The van der Waals surface area contributed by atoms with Crippen molar-refractivity contribution in [1.29, 1.82) is 0 Å². The Morgan fingerprint density at radius 1 is 1.34 bits per heavy atom. The summed E-state index contributed by atoms with van der Waals surface area (Å²) in [7, 11) is 1.57. The zero-order chi connectivity index (χ0) is 20.5. The Labute approximate surface area is 171 Å². The number of thiazole rings is 1. The van der Waals surface area contributed by atoms with E-state index in [0.717, 1.165) is 18.4 Å². The molecule has 2 aromatic heterocycles. The van der Waals surface area contributed by atoms with Gasteiger partial charge in [-0.3, -0.25) is 14.2 Å². The molecule has 2 unspecified atom stereocenters. The van der Waals surface area contributed by atoms with Gasteiger partial charge in [-0.25, -0.2) is 9.97 Å². The van der Waals surface area contributed by atoms with Crippen molar-refractivity contribution < 1.29 is 9.90 Å². The molecule has 0 spiro atoms. The van der Waals surface area contributed by atoms with Crippen LogP contribution in [0.2, 0.25) is 0 Å². The molecule has 0 aliphatic carbocycles. The highest BCUT2D eigenvalue weighted by Crippen LogP contribution is 2.32. The van der Waals surface area contributed by atoms with Gasteiger partial charge in [0.2, 0.25) is 5.91 Å². The van der Waals surface area contributed by atoms with Crippen molar-refractivity contribution in [3.8, 4) is 0 Å². The first-order chi connectivity index (χ1) is 14.0. The van der Waals surface area contributed by atoms with Gasteiger partial charge >= 0.3 is 0 Å². The molecule has 1 fully saturated rings. The Kier molecular flexibility index (Phi) is 5.33. The van der Waals surface area contributed by atoms with Crippen molar-refractivity contribution in [1.82, 2.24) is 19.9 Å². The number of benzene rings is 1. The third-order valence-corrected chi connectivity index (χ3v) is 6.14. The number of nitrogens with one attached hydrogen (secondary N) is 1. The van der Waals surface area contributed by atoms with Gasteiger partial charge in [0.05, 0.1) is 0 Å². The van der Waals surface area contributed by atoms with Gasteiger partial charge in [0.15, 0.2) is 15.5 Å².